The number of sulfonamides is 1. The summed E-state index contributed by atoms with van der Waals surface area (Å²) in [6.45, 7) is 0.639. The molecular weight excluding hydrogens is 310 g/mol. The molecule has 0 saturated carbocycles. The molecule has 1 aromatic carbocycles. The van der Waals surface area contributed by atoms with Gasteiger partial charge in [0, 0.05) is 13.1 Å². The number of nitrogens with two attached hydrogens (primary N) is 1. The molecule has 1 heterocycles. The number of nitrogens with one attached hydrogen (secondary N) is 2. The van der Waals surface area contributed by atoms with Crippen LogP contribution < -0.4 is 15.8 Å². The maximum absolute atomic E-state index is 12.2. The highest BCUT2D eigenvalue weighted by Crippen LogP contribution is 2.22. The molecule has 4 N–H and O–H groups in total. The van der Waals surface area contributed by atoms with Crippen LogP contribution >= 0.6 is 11.3 Å². The van der Waals surface area contributed by atoms with E-state index in [9.17, 15) is 13.2 Å². The smallest absolute Gasteiger partial charge is 0.271 e. The number of rotatable bonds is 6. The molecule has 0 bridgehead atoms. The molecule has 0 aliphatic heterocycles. The Morgan fingerprint density at radius 1 is 1.19 bits per heavy atom. The van der Waals surface area contributed by atoms with Crippen molar-refractivity contribution in [2.45, 2.75) is 4.21 Å². The lowest BCUT2D eigenvalue weighted by Gasteiger charge is -2.11. The Kier molecular flexibility index (Phi) is 4.94. The van der Waals surface area contributed by atoms with Gasteiger partial charge in [0.25, 0.3) is 15.9 Å². The second kappa shape index (κ2) is 6.70. The zero-order valence-electron chi connectivity index (χ0n) is 11.1. The fraction of sp³-hybridized carbons (Fsp3) is 0.154. The fourth-order valence-electron chi connectivity index (χ4n) is 1.66. The first-order chi connectivity index (χ1) is 10.0. The lowest BCUT2D eigenvalue weighted by Crippen LogP contribution is -2.29. The van der Waals surface area contributed by atoms with E-state index in [1.54, 1.807) is 35.7 Å². The first kappa shape index (κ1) is 15.5. The predicted molar refractivity (Wildman–Crippen MR) is 83.0 cm³/mol. The van der Waals surface area contributed by atoms with E-state index in [-0.39, 0.29) is 21.4 Å². The quantitative estimate of drug-likeness (QED) is 0.743. The van der Waals surface area contributed by atoms with Crippen LogP contribution in [-0.2, 0) is 10.0 Å². The fourth-order valence-corrected chi connectivity index (χ4v) is 3.74. The average Bonchev–Trinajstić information content (AvgIpc) is 3.00. The first-order valence-corrected chi connectivity index (χ1v) is 8.54. The van der Waals surface area contributed by atoms with Crippen molar-refractivity contribution in [1.29, 1.82) is 0 Å². The van der Waals surface area contributed by atoms with Gasteiger partial charge in [-0.2, -0.15) is 0 Å². The molecule has 0 fully saturated rings. The maximum Gasteiger partial charge on any atom is 0.271 e. The highest BCUT2D eigenvalue weighted by Gasteiger charge is 2.18. The van der Waals surface area contributed by atoms with Crippen LogP contribution in [0.25, 0.3) is 0 Å². The summed E-state index contributed by atoms with van der Waals surface area (Å²) in [7, 11) is -3.68. The Balaban J connectivity index is 2.27. The van der Waals surface area contributed by atoms with Gasteiger partial charge in [-0.05, 0) is 23.6 Å². The second-order valence-corrected chi connectivity index (χ2v) is 6.98. The molecule has 0 unspecified atom stereocenters. The summed E-state index contributed by atoms with van der Waals surface area (Å²) in [6.07, 6.45) is 0. The summed E-state index contributed by atoms with van der Waals surface area (Å²) in [5.74, 6) is -0.370. The van der Waals surface area contributed by atoms with Gasteiger partial charge in [-0.3, -0.25) is 9.52 Å². The number of carbonyl (C=O) groups excluding carboxylic acids is 1. The molecule has 0 saturated heterocycles. The molecule has 0 aliphatic rings. The third-order valence-electron chi connectivity index (χ3n) is 2.61. The van der Waals surface area contributed by atoms with Crippen molar-refractivity contribution in [1.82, 2.24) is 5.32 Å². The van der Waals surface area contributed by atoms with Gasteiger partial charge in [0.05, 0.1) is 11.3 Å². The lowest BCUT2D eigenvalue weighted by atomic mass is 10.1. The van der Waals surface area contributed by atoms with Crippen molar-refractivity contribution in [2.75, 3.05) is 17.8 Å². The van der Waals surface area contributed by atoms with E-state index in [1.807, 2.05) is 0 Å². The SMILES string of the molecule is NCCNC(=O)c1ccccc1NS(=O)(=O)c1cccs1. The summed E-state index contributed by atoms with van der Waals surface area (Å²) in [5, 5.41) is 4.29. The van der Waals surface area contributed by atoms with Gasteiger partial charge < -0.3 is 11.1 Å². The average molecular weight is 325 g/mol. The van der Waals surface area contributed by atoms with E-state index in [0.717, 1.165) is 11.3 Å². The summed E-state index contributed by atoms with van der Waals surface area (Å²) >= 11 is 1.11. The normalized spacial score (nSPS) is 11.1. The van der Waals surface area contributed by atoms with Crippen LogP contribution in [0.3, 0.4) is 0 Å². The highest BCUT2D eigenvalue weighted by atomic mass is 32.2. The zero-order valence-corrected chi connectivity index (χ0v) is 12.7. The van der Waals surface area contributed by atoms with Crippen molar-refractivity contribution in [3.8, 4) is 0 Å². The van der Waals surface area contributed by atoms with E-state index in [4.69, 9.17) is 5.73 Å². The number of thiophene rings is 1. The molecule has 21 heavy (non-hydrogen) atoms. The van der Waals surface area contributed by atoms with E-state index >= 15 is 0 Å². The van der Waals surface area contributed by atoms with Crippen molar-refractivity contribution < 1.29 is 13.2 Å². The Labute approximate surface area is 127 Å². The Morgan fingerprint density at radius 3 is 2.62 bits per heavy atom. The van der Waals surface area contributed by atoms with E-state index in [1.165, 1.54) is 6.07 Å². The van der Waals surface area contributed by atoms with Crippen LogP contribution in [0.5, 0.6) is 0 Å². The summed E-state index contributed by atoms with van der Waals surface area (Å²) < 4.78 is 27.0. The largest absolute Gasteiger partial charge is 0.351 e. The van der Waals surface area contributed by atoms with Crippen molar-refractivity contribution in [3.63, 3.8) is 0 Å². The van der Waals surface area contributed by atoms with Gasteiger partial charge >= 0.3 is 0 Å². The van der Waals surface area contributed by atoms with Crippen LogP contribution in [-0.4, -0.2) is 27.4 Å². The van der Waals surface area contributed by atoms with Crippen molar-refractivity contribution >= 4 is 33.0 Å². The number of para-hydroxylation sites is 1. The maximum atomic E-state index is 12.2. The molecular formula is C13H15N3O3S2. The number of hydrogen-bond acceptors (Lipinski definition) is 5. The first-order valence-electron chi connectivity index (χ1n) is 6.18. The summed E-state index contributed by atoms with van der Waals surface area (Å²) in [4.78, 5) is 12.0. The highest BCUT2D eigenvalue weighted by molar-refractivity contribution is 7.94. The van der Waals surface area contributed by atoms with Gasteiger partial charge in [0.15, 0.2) is 0 Å². The van der Waals surface area contributed by atoms with Crippen LogP contribution in [0.2, 0.25) is 0 Å². The second-order valence-electron chi connectivity index (χ2n) is 4.13. The van der Waals surface area contributed by atoms with Crippen molar-refractivity contribution in [3.05, 3.63) is 47.3 Å². The summed E-state index contributed by atoms with van der Waals surface area (Å²) in [5.41, 5.74) is 5.83. The van der Waals surface area contributed by atoms with Gasteiger partial charge in [-0.15, -0.1) is 11.3 Å². The minimum absolute atomic E-state index is 0.194. The molecule has 0 radical (unpaired) electrons. The third-order valence-corrected chi connectivity index (χ3v) is 5.37. The Morgan fingerprint density at radius 2 is 1.95 bits per heavy atom. The molecule has 2 aromatic rings. The van der Waals surface area contributed by atoms with Crippen LogP contribution in [0.15, 0.2) is 46.0 Å². The van der Waals surface area contributed by atoms with Crippen LogP contribution in [0.1, 0.15) is 10.4 Å². The monoisotopic (exact) mass is 325 g/mol. The number of hydrogen-bond donors (Lipinski definition) is 3. The van der Waals surface area contributed by atoms with E-state index < -0.39 is 10.0 Å². The molecule has 0 spiro atoms. The molecule has 6 nitrogen and oxygen atoms in total. The Bertz CT molecular complexity index is 712. The molecule has 1 aromatic heterocycles. The molecule has 112 valence electrons. The lowest BCUT2D eigenvalue weighted by molar-refractivity contribution is 0.0955. The van der Waals surface area contributed by atoms with Gasteiger partial charge in [-0.1, -0.05) is 18.2 Å². The van der Waals surface area contributed by atoms with Gasteiger partial charge in [0.1, 0.15) is 4.21 Å². The van der Waals surface area contributed by atoms with E-state index in [2.05, 4.69) is 10.0 Å². The molecule has 0 atom stereocenters. The number of anilines is 1. The summed E-state index contributed by atoms with van der Waals surface area (Å²) in [6, 6.07) is 9.58. The standard InChI is InChI=1S/C13H15N3O3S2/c14-7-8-15-13(17)10-4-1-2-5-11(10)16-21(18,19)12-6-3-9-20-12/h1-6,9,16H,7-8,14H2,(H,15,17). The number of carbonyl (C=O) groups is 1. The Hall–Kier alpha value is -1.90. The van der Waals surface area contributed by atoms with Crippen LogP contribution in [0.4, 0.5) is 5.69 Å². The zero-order chi connectivity index (χ0) is 15.3. The van der Waals surface area contributed by atoms with Gasteiger partial charge in [0.2, 0.25) is 0 Å². The predicted octanol–water partition coefficient (Wildman–Crippen LogP) is 1.24. The number of amides is 1. The van der Waals surface area contributed by atoms with Crippen LogP contribution in [0, 0.1) is 0 Å². The minimum atomic E-state index is -3.68. The minimum Gasteiger partial charge on any atom is -0.351 e. The molecule has 0 aliphatic carbocycles. The molecule has 1 amide bonds. The van der Waals surface area contributed by atoms with Gasteiger partial charge in [-0.25, -0.2) is 8.42 Å². The molecule has 8 heteroatoms. The van der Waals surface area contributed by atoms with E-state index in [0.29, 0.717) is 13.1 Å². The molecule has 2 rings (SSSR count). The van der Waals surface area contributed by atoms with Crippen molar-refractivity contribution in [2.24, 2.45) is 5.73 Å². The topological polar surface area (TPSA) is 101 Å². The number of benzene rings is 1. The third kappa shape index (κ3) is 3.81.